The highest BCUT2D eigenvalue weighted by Crippen LogP contribution is 2.28. The second-order valence-corrected chi connectivity index (χ2v) is 7.43. The predicted molar refractivity (Wildman–Crippen MR) is 119 cm³/mol. The molecule has 0 unspecified atom stereocenters. The maximum absolute atomic E-state index is 11.3. The van der Waals surface area contributed by atoms with Crippen molar-refractivity contribution in [2.45, 2.75) is 20.4 Å². The van der Waals surface area contributed by atoms with Crippen molar-refractivity contribution in [2.24, 2.45) is 0 Å². The molecule has 0 atom stereocenters. The standard InChI is InChI=1S/C24H21ClN2O3/c1-3-30-20-9-7-19(21(25)13-20)14-27-15(2)26-22-10-8-17(12-23(22)27)16-5-4-6-18(11-16)24(28)29/h4-13H,3,14H2,1-2H3,(H,28,29). The van der Waals surface area contributed by atoms with Crippen LogP contribution < -0.4 is 4.74 Å². The molecule has 0 aliphatic rings. The van der Waals surface area contributed by atoms with Gasteiger partial charge in [-0.05, 0) is 66.9 Å². The van der Waals surface area contributed by atoms with Crippen LogP contribution in [0.15, 0.2) is 60.7 Å². The summed E-state index contributed by atoms with van der Waals surface area (Å²) in [5.41, 5.74) is 4.87. The number of hydrogen-bond donors (Lipinski definition) is 1. The van der Waals surface area contributed by atoms with Crippen LogP contribution in [-0.4, -0.2) is 27.2 Å². The van der Waals surface area contributed by atoms with Crippen LogP contribution in [-0.2, 0) is 6.54 Å². The molecule has 0 saturated heterocycles. The number of ether oxygens (including phenoxy) is 1. The lowest BCUT2D eigenvalue weighted by Crippen LogP contribution is -2.03. The lowest BCUT2D eigenvalue weighted by molar-refractivity contribution is 0.0697. The van der Waals surface area contributed by atoms with E-state index in [-0.39, 0.29) is 5.56 Å². The van der Waals surface area contributed by atoms with E-state index < -0.39 is 5.97 Å². The Kier molecular flexibility index (Phi) is 5.46. The fourth-order valence-corrected chi connectivity index (χ4v) is 3.77. The third-order valence-electron chi connectivity index (χ3n) is 5.05. The highest BCUT2D eigenvalue weighted by Gasteiger charge is 2.12. The molecule has 1 heterocycles. The molecule has 0 bridgehead atoms. The van der Waals surface area contributed by atoms with E-state index in [0.717, 1.165) is 39.3 Å². The minimum Gasteiger partial charge on any atom is -0.494 e. The number of aryl methyl sites for hydroxylation is 1. The van der Waals surface area contributed by atoms with Gasteiger partial charge in [-0.15, -0.1) is 0 Å². The first-order chi connectivity index (χ1) is 14.5. The molecule has 4 aromatic rings. The zero-order valence-electron chi connectivity index (χ0n) is 16.7. The third-order valence-corrected chi connectivity index (χ3v) is 5.40. The van der Waals surface area contributed by atoms with Crippen molar-refractivity contribution in [3.63, 3.8) is 0 Å². The summed E-state index contributed by atoms with van der Waals surface area (Å²) in [5, 5.41) is 9.93. The normalized spacial score (nSPS) is 11.0. The maximum atomic E-state index is 11.3. The van der Waals surface area contributed by atoms with Gasteiger partial charge in [-0.2, -0.15) is 0 Å². The van der Waals surface area contributed by atoms with Crippen molar-refractivity contribution in [2.75, 3.05) is 6.61 Å². The second kappa shape index (κ2) is 8.20. The van der Waals surface area contributed by atoms with Crippen LogP contribution in [0.25, 0.3) is 22.2 Å². The summed E-state index contributed by atoms with van der Waals surface area (Å²) in [5.74, 6) is 0.689. The number of carbonyl (C=O) groups is 1. The average molecular weight is 421 g/mol. The molecule has 3 aromatic carbocycles. The molecule has 1 aromatic heterocycles. The zero-order chi connectivity index (χ0) is 21.3. The number of aromatic carboxylic acids is 1. The van der Waals surface area contributed by atoms with Crippen LogP contribution in [0.5, 0.6) is 5.75 Å². The van der Waals surface area contributed by atoms with Crippen molar-refractivity contribution in [3.05, 3.63) is 82.6 Å². The lowest BCUT2D eigenvalue weighted by Gasteiger charge is -2.11. The minimum atomic E-state index is -0.941. The molecule has 6 heteroatoms. The highest BCUT2D eigenvalue weighted by atomic mass is 35.5. The molecule has 0 radical (unpaired) electrons. The van der Waals surface area contributed by atoms with E-state index in [1.54, 1.807) is 18.2 Å². The zero-order valence-corrected chi connectivity index (χ0v) is 17.5. The van der Waals surface area contributed by atoms with Crippen LogP contribution in [0.3, 0.4) is 0 Å². The van der Waals surface area contributed by atoms with Crippen molar-refractivity contribution in [3.8, 4) is 16.9 Å². The summed E-state index contributed by atoms with van der Waals surface area (Å²) in [7, 11) is 0. The molecule has 30 heavy (non-hydrogen) atoms. The Labute approximate surface area is 179 Å². The molecule has 0 amide bonds. The number of rotatable bonds is 6. The van der Waals surface area contributed by atoms with Gasteiger partial charge < -0.3 is 14.4 Å². The van der Waals surface area contributed by atoms with Crippen molar-refractivity contribution in [1.82, 2.24) is 9.55 Å². The Hall–Kier alpha value is -3.31. The quantitative estimate of drug-likeness (QED) is 0.427. The van der Waals surface area contributed by atoms with Gasteiger partial charge in [0.1, 0.15) is 11.6 Å². The third kappa shape index (κ3) is 3.89. The van der Waals surface area contributed by atoms with Crippen molar-refractivity contribution >= 4 is 28.6 Å². The van der Waals surface area contributed by atoms with Crippen LogP contribution in [0, 0.1) is 6.92 Å². The number of halogens is 1. The van der Waals surface area contributed by atoms with Crippen LogP contribution in [0.2, 0.25) is 5.02 Å². The Bertz CT molecular complexity index is 1250. The molecule has 5 nitrogen and oxygen atoms in total. The first-order valence-corrected chi connectivity index (χ1v) is 10.1. The number of fused-ring (bicyclic) bond motifs is 1. The van der Waals surface area contributed by atoms with E-state index in [0.29, 0.717) is 18.2 Å². The van der Waals surface area contributed by atoms with Gasteiger partial charge in [0.15, 0.2) is 0 Å². The maximum Gasteiger partial charge on any atom is 0.335 e. The fourth-order valence-electron chi connectivity index (χ4n) is 3.54. The number of carboxylic acids is 1. The number of hydrogen-bond acceptors (Lipinski definition) is 3. The summed E-state index contributed by atoms with van der Waals surface area (Å²) < 4.78 is 7.63. The number of aromatic nitrogens is 2. The largest absolute Gasteiger partial charge is 0.494 e. The van der Waals surface area contributed by atoms with Gasteiger partial charge in [-0.3, -0.25) is 0 Å². The summed E-state index contributed by atoms with van der Waals surface area (Å²) in [4.78, 5) is 16.0. The number of imidazole rings is 1. The molecule has 152 valence electrons. The monoisotopic (exact) mass is 420 g/mol. The van der Waals surface area contributed by atoms with E-state index in [2.05, 4.69) is 9.55 Å². The highest BCUT2D eigenvalue weighted by molar-refractivity contribution is 6.31. The molecular formula is C24H21ClN2O3. The first-order valence-electron chi connectivity index (χ1n) is 9.68. The SMILES string of the molecule is CCOc1ccc(Cn2c(C)nc3ccc(-c4cccc(C(=O)O)c4)cc32)c(Cl)c1. The van der Waals surface area contributed by atoms with Crippen LogP contribution >= 0.6 is 11.6 Å². The molecular weight excluding hydrogens is 400 g/mol. The van der Waals surface area contributed by atoms with Crippen LogP contribution in [0.1, 0.15) is 28.7 Å². The topological polar surface area (TPSA) is 64.4 Å². The lowest BCUT2D eigenvalue weighted by atomic mass is 10.0. The van der Waals surface area contributed by atoms with E-state index in [9.17, 15) is 9.90 Å². The molecule has 0 fully saturated rings. The average Bonchev–Trinajstić information content (AvgIpc) is 3.04. The van der Waals surface area contributed by atoms with Gasteiger partial charge in [-0.25, -0.2) is 9.78 Å². The van der Waals surface area contributed by atoms with Gasteiger partial charge in [0, 0.05) is 5.02 Å². The molecule has 0 spiro atoms. The minimum absolute atomic E-state index is 0.262. The number of benzene rings is 3. The number of carboxylic acid groups (broad SMARTS) is 1. The first kappa shape index (κ1) is 20.0. The summed E-state index contributed by atoms with van der Waals surface area (Å²) in [6.45, 7) is 5.07. The molecule has 4 rings (SSSR count). The van der Waals surface area contributed by atoms with E-state index in [1.807, 2.05) is 56.3 Å². The Morgan fingerprint density at radius 1 is 1.10 bits per heavy atom. The van der Waals surface area contributed by atoms with Crippen molar-refractivity contribution in [1.29, 1.82) is 0 Å². The fraction of sp³-hybridized carbons (Fsp3) is 0.167. The van der Waals surface area contributed by atoms with Gasteiger partial charge >= 0.3 is 5.97 Å². The number of nitrogens with zero attached hydrogens (tertiary/aromatic N) is 2. The molecule has 1 N–H and O–H groups in total. The molecule has 0 saturated carbocycles. The summed E-state index contributed by atoms with van der Waals surface area (Å²) in [6.07, 6.45) is 0. The van der Waals surface area contributed by atoms with Gasteiger partial charge in [0.25, 0.3) is 0 Å². The molecule has 0 aliphatic carbocycles. The summed E-state index contributed by atoms with van der Waals surface area (Å²) in [6, 6.07) is 18.6. The second-order valence-electron chi connectivity index (χ2n) is 7.02. The molecule has 0 aliphatic heterocycles. The van der Waals surface area contributed by atoms with Gasteiger partial charge in [0.05, 0.1) is 29.7 Å². The predicted octanol–water partition coefficient (Wildman–Crippen LogP) is 5.81. The Morgan fingerprint density at radius 2 is 1.90 bits per heavy atom. The van der Waals surface area contributed by atoms with E-state index in [1.165, 1.54) is 0 Å². The van der Waals surface area contributed by atoms with E-state index in [4.69, 9.17) is 16.3 Å². The smallest absolute Gasteiger partial charge is 0.335 e. The van der Waals surface area contributed by atoms with Gasteiger partial charge in [0.2, 0.25) is 0 Å². The van der Waals surface area contributed by atoms with Gasteiger partial charge in [-0.1, -0.05) is 35.9 Å². The van der Waals surface area contributed by atoms with Crippen LogP contribution in [0.4, 0.5) is 0 Å². The Morgan fingerprint density at radius 3 is 2.63 bits per heavy atom. The van der Waals surface area contributed by atoms with Crippen molar-refractivity contribution < 1.29 is 14.6 Å². The van der Waals surface area contributed by atoms with E-state index >= 15 is 0 Å². The summed E-state index contributed by atoms with van der Waals surface area (Å²) >= 11 is 6.49. The Balaban J connectivity index is 1.74.